The molecule has 0 spiro atoms. The number of hydrogen-bond acceptors (Lipinski definition) is 5. The van der Waals surface area contributed by atoms with Crippen molar-refractivity contribution in [3.05, 3.63) is 52.0 Å². The van der Waals surface area contributed by atoms with Crippen LogP contribution < -0.4 is 5.32 Å². The lowest BCUT2D eigenvalue weighted by molar-refractivity contribution is -0.402. The van der Waals surface area contributed by atoms with Gasteiger partial charge in [0, 0.05) is 6.20 Å². The normalized spacial score (nSPS) is 10.2. The van der Waals surface area contributed by atoms with Crippen molar-refractivity contribution in [2.75, 3.05) is 5.32 Å². The molecule has 0 atom stereocenters. The van der Waals surface area contributed by atoms with Gasteiger partial charge in [-0.15, -0.1) is 0 Å². The summed E-state index contributed by atoms with van der Waals surface area (Å²) in [5.41, 5.74) is 1.94. The zero-order valence-corrected chi connectivity index (χ0v) is 9.21. The molecule has 6 nitrogen and oxygen atoms in total. The summed E-state index contributed by atoms with van der Waals surface area (Å²) in [4.78, 5) is 13.9. The first kappa shape index (κ1) is 11.1. The number of hydrogen-bond donors (Lipinski definition) is 1. The first-order chi connectivity index (χ1) is 8.16. The molecule has 2 aromatic rings. The minimum absolute atomic E-state index is 0.246. The zero-order chi connectivity index (χ0) is 12.3. The number of nitrogens with one attached hydrogen (secondary N) is 1. The Balaban J connectivity index is 2.02. The second kappa shape index (κ2) is 4.65. The van der Waals surface area contributed by atoms with Crippen molar-refractivity contribution >= 4 is 11.6 Å². The van der Waals surface area contributed by atoms with E-state index in [1.807, 2.05) is 13.0 Å². The highest BCUT2D eigenvalue weighted by molar-refractivity contribution is 5.48. The van der Waals surface area contributed by atoms with E-state index in [4.69, 9.17) is 4.42 Å². The molecule has 0 amide bonds. The molecule has 0 radical (unpaired) electrons. The average molecular weight is 233 g/mol. The van der Waals surface area contributed by atoms with Crippen molar-refractivity contribution in [1.82, 2.24) is 4.98 Å². The summed E-state index contributed by atoms with van der Waals surface area (Å²) in [7, 11) is 0. The molecule has 0 aliphatic carbocycles. The highest BCUT2D eigenvalue weighted by Gasteiger charge is 2.11. The zero-order valence-electron chi connectivity index (χ0n) is 9.21. The predicted molar refractivity (Wildman–Crippen MR) is 61.7 cm³/mol. The minimum Gasteiger partial charge on any atom is -0.404 e. The van der Waals surface area contributed by atoms with Gasteiger partial charge in [-0.3, -0.25) is 15.1 Å². The monoisotopic (exact) mass is 233 g/mol. The van der Waals surface area contributed by atoms with Crippen LogP contribution in [-0.2, 0) is 6.54 Å². The van der Waals surface area contributed by atoms with Gasteiger partial charge in [-0.25, -0.2) is 0 Å². The fourth-order valence-corrected chi connectivity index (χ4v) is 1.39. The highest BCUT2D eigenvalue weighted by atomic mass is 16.6. The molecule has 2 rings (SSSR count). The summed E-state index contributed by atoms with van der Waals surface area (Å²) in [5, 5.41) is 13.5. The second-order valence-electron chi connectivity index (χ2n) is 3.54. The third kappa shape index (κ3) is 2.60. The SMILES string of the molecule is Cc1ccncc1NCc1ccc([N+](=O)[O-])o1. The third-order valence-corrected chi connectivity index (χ3v) is 2.32. The van der Waals surface area contributed by atoms with Crippen LogP contribution in [0.15, 0.2) is 35.0 Å². The summed E-state index contributed by atoms with van der Waals surface area (Å²) in [6, 6.07) is 4.80. The molecule has 6 heteroatoms. The van der Waals surface area contributed by atoms with Gasteiger partial charge in [0.25, 0.3) is 0 Å². The van der Waals surface area contributed by atoms with E-state index in [-0.39, 0.29) is 5.88 Å². The van der Waals surface area contributed by atoms with Crippen molar-refractivity contribution in [2.24, 2.45) is 0 Å². The lowest BCUT2D eigenvalue weighted by atomic mass is 10.2. The fraction of sp³-hybridized carbons (Fsp3) is 0.182. The molecule has 0 saturated heterocycles. The topological polar surface area (TPSA) is 81.2 Å². The lowest BCUT2D eigenvalue weighted by Crippen LogP contribution is -2.00. The van der Waals surface area contributed by atoms with Gasteiger partial charge in [-0.1, -0.05) is 0 Å². The molecule has 0 unspecified atom stereocenters. The number of aromatic nitrogens is 1. The van der Waals surface area contributed by atoms with Crippen LogP contribution >= 0.6 is 0 Å². The van der Waals surface area contributed by atoms with Crippen LogP contribution in [0.1, 0.15) is 11.3 Å². The van der Waals surface area contributed by atoms with E-state index in [0.29, 0.717) is 12.3 Å². The summed E-state index contributed by atoms with van der Waals surface area (Å²) in [5.74, 6) is 0.268. The standard InChI is InChI=1S/C11H11N3O3/c1-8-4-5-12-7-10(8)13-6-9-2-3-11(17-9)14(15)16/h2-5,7,13H,6H2,1H3. The Morgan fingerprint density at radius 3 is 2.94 bits per heavy atom. The van der Waals surface area contributed by atoms with E-state index in [1.54, 1.807) is 18.5 Å². The van der Waals surface area contributed by atoms with Crippen LogP contribution in [-0.4, -0.2) is 9.91 Å². The van der Waals surface area contributed by atoms with Crippen molar-refractivity contribution in [3.63, 3.8) is 0 Å². The molecule has 2 heterocycles. The largest absolute Gasteiger partial charge is 0.433 e. The molecule has 0 bridgehead atoms. The second-order valence-corrected chi connectivity index (χ2v) is 3.54. The Morgan fingerprint density at radius 2 is 2.29 bits per heavy atom. The van der Waals surface area contributed by atoms with Gasteiger partial charge in [0.05, 0.1) is 24.5 Å². The van der Waals surface area contributed by atoms with Crippen LogP contribution in [0.25, 0.3) is 0 Å². The number of nitrogens with zero attached hydrogens (tertiary/aromatic N) is 2. The summed E-state index contributed by atoms with van der Waals surface area (Å²) >= 11 is 0. The van der Waals surface area contributed by atoms with Crippen LogP contribution in [0, 0.1) is 17.0 Å². The van der Waals surface area contributed by atoms with Crippen LogP contribution in [0.4, 0.5) is 11.6 Å². The van der Waals surface area contributed by atoms with Crippen molar-refractivity contribution in [3.8, 4) is 0 Å². The Labute approximate surface area is 97.4 Å². The number of furan rings is 1. The Hall–Kier alpha value is -2.37. The van der Waals surface area contributed by atoms with Gasteiger partial charge in [0.15, 0.2) is 0 Å². The molecule has 0 aliphatic rings. The minimum atomic E-state index is -0.557. The van der Waals surface area contributed by atoms with Gasteiger partial charge in [0.2, 0.25) is 0 Å². The maximum atomic E-state index is 10.4. The van der Waals surface area contributed by atoms with E-state index in [9.17, 15) is 10.1 Å². The molecule has 0 aliphatic heterocycles. The third-order valence-electron chi connectivity index (χ3n) is 2.32. The number of pyridine rings is 1. The van der Waals surface area contributed by atoms with Crippen molar-refractivity contribution in [2.45, 2.75) is 13.5 Å². The van der Waals surface area contributed by atoms with Gasteiger partial charge in [0.1, 0.15) is 10.7 Å². The van der Waals surface area contributed by atoms with E-state index in [0.717, 1.165) is 11.3 Å². The van der Waals surface area contributed by atoms with Crippen molar-refractivity contribution < 1.29 is 9.34 Å². The summed E-state index contributed by atoms with van der Waals surface area (Å²) in [6.45, 7) is 2.34. The smallest absolute Gasteiger partial charge is 0.404 e. The van der Waals surface area contributed by atoms with E-state index in [2.05, 4.69) is 10.3 Å². The Bertz CT molecular complexity index is 536. The lowest BCUT2D eigenvalue weighted by Gasteiger charge is -2.06. The van der Waals surface area contributed by atoms with E-state index in [1.165, 1.54) is 6.07 Å². The number of nitro groups is 1. The first-order valence-electron chi connectivity index (χ1n) is 5.04. The van der Waals surface area contributed by atoms with Gasteiger partial charge in [-0.2, -0.15) is 0 Å². The fourth-order valence-electron chi connectivity index (χ4n) is 1.39. The molecule has 1 N–H and O–H groups in total. The molecule has 88 valence electrons. The van der Waals surface area contributed by atoms with Gasteiger partial charge < -0.3 is 9.73 Å². The van der Waals surface area contributed by atoms with Crippen LogP contribution in [0.3, 0.4) is 0 Å². The van der Waals surface area contributed by atoms with Crippen LogP contribution in [0.5, 0.6) is 0 Å². The van der Waals surface area contributed by atoms with Gasteiger partial charge >= 0.3 is 5.88 Å². The predicted octanol–water partition coefficient (Wildman–Crippen LogP) is 2.50. The quantitative estimate of drug-likeness (QED) is 0.648. The number of rotatable bonds is 4. The van der Waals surface area contributed by atoms with E-state index < -0.39 is 4.92 Å². The maximum Gasteiger partial charge on any atom is 0.433 e. The number of aryl methyl sites for hydroxylation is 1. The van der Waals surface area contributed by atoms with E-state index >= 15 is 0 Å². The number of anilines is 1. The Kier molecular flexibility index (Phi) is 3.04. The molecule has 0 aromatic carbocycles. The molecule has 17 heavy (non-hydrogen) atoms. The van der Waals surface area contributed by atoms with Gasteiger partial charge in [-0.05, 0) is 24.6 Å². The average Bonchev–Trinajstić information content (AvgIpc) is 2.77. The molecule has 2 aromatic heterocycles. The maximum absolute atomic E-state index is 10.4. The highest BCUT2D eigenvalue weighted by Crippen LogP contribution is 2.18. The Morgan fingerprint density at radius 1 is 1.47 bits per heavy atom. The first-order valence-corrected chi connectivity index (χ1v) is 5.04. The molecular weight excluding hydrogens is 222 g/mol. The molecular formula is C11H11N3O3. The molecule has 0 fully saturated rings. The van der Waals surface area contributed by atoms with Crippen LogP contribution in [0.2, 0.25) is 0 Å². The van der Waals surface area contributed by atoms with Crippen molar-refractivity contribution in [1.29, 1.82) is 0 Å². The molecule has 0 saturated carbocycles. The summed E-state index contributed by atoms with van der Waals surface area (Å²) < 4.78 is 5.02. The summed E-state index contributed by atoms with van der Waals surface area (Å²) in [6.07, 6.45) is 3.41.